The van der Waals surface area contributed by atoms with E-state index < -0.39 is 10.0 Å². The van der Waals surface area contributed by atoms with Crippen LogP contribution in [0.5, 0.6) is 0 Å². The van der Waals surface area contributed by atoms with Gasteiger partial charge in [0.25, 0.3) is 5.91 Å². The zero-order chi connectivity index (χ0) is 18.9. The number of aryl methyl sites for hydroxylation is 1. The number of hydrogen-bond donors (Lipinski definition) is 1. The molecule has 1 aliphatic heterocycles. The second-order valence-corrected chi connectivity index (χ2v) is 8.76. The first kappa shape index (κ1) is 18.9. The van der Waals surface area contributed by atoms with E-state index in [9.17, 15) is 13.2 Å². The van der Waals surface area contributed by atoms with E-state index in [2.05, 4.69) is 0 Å². The van der Waals surface area contributed by atoms with Crippen LogP contribution in [0.3, 0.4) is 0 Å². The monoisotopic (exact) mass is 392 g/mol. The molecular formula is C19H21ClN2O3S. The Balaban J connectivity index is 1.72. The molecular weight excluding hydrogens is 372 g/mol. The molecule has 1 heterocycles. The van der Waals surface area contributed by atoms with Crippen molar-refractivity contribution in [3.63, 3.8) is 0 Å². The van der Waals surface area contributed by atoms with Crippen molar-refractivity contribution in [3.05, 3.63) is 64.2 Å². The zero-order valence-corrected chi connectivity index (χ0v) is 16.1. The summed E-state index contributed by atoms with van der Waals surface area (Å²) in [5.41, 5.74) is 2.33. The molecule has 1 amide bonds. The lowest BCUT2D eigenvalue weighted by Crippen LogP contribution is -2.30. The molecule has 1 atom stereocenters. The molecule has 138 valence electrons. The average Bonchev–Trinajstić information content (AvgIpc) is 3.04. The molecule has 1 unspecified atom stereocenters. The van der Waals surface area contributed by atoms with Gasteiger partial charge in [-0.1, -0.05) is 29.8 Å². The van der Waals surface area contributed by atoms with Gasteiger partial charge >= 0.3 is 0 Å². The third-order valence-electron chi connectivity index (χ3n) is 4.78. The number of halogens is 1. The minimum absolute atomic E-state index is 0.0386. The molecule has 0 aromatic heterocycles. The van der Waals surface area contributed by atoms with Crippen molar-refractivity contribution >= 4 is 27.5 Å². The number of hydrogen-bond acceptors (Lipinski definition) is 3. The van der Waals surface area contributed by atoms with Crippen LogP contribution < -0.4 is 5.14 Å². The van der Waals surface area contributed by atoms with Gasteiger partial charge in [-0.3, -0.25) is 4.79 Å². The van der Waals surface area contributed by atoms with E-state index >= 15 is 0 Å². The molecule has 2 aromatic rings. The summed E-state index contributed by atoms with van der Waals surface area (Å²) in [5.74, 6) is 0.230. The second-order valence-electron chi connectivity index (χ2n) is 6.76. The van der Waals surface area contributed by atoms with Crippen LogP contribution in [0.4, 0.5) is 0 Å². The predicted molar refractivity (Wildman–Crippen MR) is 102 cm³/mol. The molecule has 26 heavy (non-hydrogen) atoms. The van der Waals surface area contributed by atoms with Gasteiger partial charge in [0.1, 0.15) is 0 Å². The van der Waals surface area contributed by atoms with Crippen LogP contribution in [0.1, 0.15) is 27.9 Å². The van der Waals surface area contributed by atoms with Gasteiger partial charge in [-0.05, 0) is 61.1 Å². The summed E-state index contributed by atoms with van der Waals surface area (Å²) in [6, 6.07) is 12.2. The summed E-state index contributed by atoms with van der Waals surface area (Å²) in [6.07, 6.45) is 1.81. The van der Waals surface area contributed by atoms with Crippen molar-refractivity contribution in [2.75, 3.05) is 13.1 Å². The van der Waals surface area contributed by atoms with E-state index in [1.807, 2.05) is 24.3 Å². The van der Waals surface area contributed by atoms with Gasteiger partial charge in [-0.25, -0.2) is 13.6 Å². The Morgan fingerprint density at radius 2 is 1.92 bits per heavy atom. The lowest BCUT2D eigenvalue weighted by molar-refractivity contribution is 0.0786. The lowest BCUT2D eigenvalue weighted by Gasteiger charge is -2.18. The number of amides is 1. The van der Waals surface area contributed by atoms with Crippen molar-refractivity contribution in [3.8, 4) is 0 Å². The van der Waals surface area contributed by atoms with E-state index in [1.165, 1.54) is 17.7 Å². The van der Waals surface area contributed by atoms with Crippen LogP contribution in [0.15, 0.2) is 47.4 Å². The van der Waals surface area contributed by atoms with Crippen molar-refractivity contribution in [2.45, 2.75) is 24.7 Å². The molecule has 1 saturated heterocycles. The fourth-order valence-corrected chi connectivity index (χ4v) is 3.98. The first-order valence-corrected chi connectivity index (χ1v) is 10.3. The molecule has 0 bridgehead atoms. The highest BCUT2D eigenvalue weighted by Crippen LogP contribution is 2.25. The number of primary sulfonamides is 1. The Bertz CT molecular complexity index is 926. The Morgan fingerprint density at radius 1 is 1.23 bits per heavy atom. The Kier molecular flexibility index (Phi) is 5.37. The van der Waals surface area contributed by atoms with Crippen molar-refractivity contribution < 1.29 is 13.2 Å². The minimum Gasteiger partial charge on any atom is -0.338 e. The summed E-state index contributed by atoms with van der Waals surface area (Å²) in [4.78, 5) is 14.6. The summed E-state index contributed by atoms with van der Waals surface area (Å²) >= 11 is 5.92. The SMILES string of the molecule is Cc1ccc(S(N)(=O)=O)cc1C(=O)N1CCC(Cc2ccc(Cl)cc2)C1. The number of rotatable bonds is 4. The summed E-state index contributed by atoms with van der Waals surface area (Å²) in [6.45, 7) is 3.11. The van der Waals surface area contributed by atoms with Crippen LogP contribution in [0, 0.1) is 12.8 Å². The van der Waals surface area contributed by atoms with Crippen LogP contribution in [0.2, 0.25) is 5.02 Å². The van der Waals surface area contributed by atoms with Crippen molar-refractivity contribution in [2.24, 2.45) is 11.1 Å². The van der Waals surface area contributed by atoms with Gasteiger partial charge < -0.3 is 4.90 Å². The molecule has 0 spiro atoms. The second kappa shape index (κ2) is 7.39. The highest BCUT2D eigenvalue weighted by molar-refractivity contribution is 7.89. The van der Waals surface area contributed by atoms with Gasteiger partial charge in [-0.2, -0.15) is 0 Å². The fraction of sp³-hybridized carbons (Fsp3) is 0.316. The van der Waals surface area contributed by atoms with Crippen LogP contribution in [0.25, 0.3) is 0 Å². The highest BCUT2D eigenvalue weighted by atomic mass is 35.5. The van der Waals surface area contributed by atoms with E-state index in [0.717, 1.165) is 18.4 Å². The number of carbonyl (C=O) groups is 1. The first-order valence-electron chi connectivity index (χ1n) is 8.41. The van der Waals surface area contributed by atoms with E-state index in [-0.39, 0.29) is 10.8 Å². The number of sulfonamides is 1. The third-order valence-corrected chi connectivity index (χ3v) is 5.94. The first-order chi connectivity index (χ1) is 12.2. The molecule has 0 saturated carbocycles. The summed E-state index contributed by atoms with van der Waals surface area (Å²) < 4.78 is 23.1. The van der Waals surface area contributed by atoms with Gasteiger partial charge in [0.05, 0.1) is 4.90 Å². The maximum absolute atomic E-state index is 12.9. The van der Waals surface area contributed by atoms with Crippen molar-refractivity contribution in [1.82, 2.24) is 4.90 Å². The molecule has 0 radical (unpaired) electrons. The maximum Gasteiger partial charge on any atom is 0.254 e. The number of nitrogens with two attached hydrogens (primary N) is 1. The van der Waals surface area contributed by atoms with E-state index in [4.69, 9.17) is 16.7 Å². The standard InChI is InChI=1S/C19H21ClN2O3S/c1-13-2-7-17(26(21,24)25)11-18(13)19(23)22-9-8-15(12-22)10-14-3-5-16(20)6-4-14/h2-7,11,15H,8-10,12H2,1H3,(H2,21,24,25). The summed E-state index contributed by atoms with van der Waals surface area (Å²) in [7, 11) is -3.84. The van der Waals surface area contributed by atoms with Gasteiger partial charge in [0.2, 0.25) is 10.0 Å². The van der Waals surface area contributed by atoms with Gasteiger partial charge in [-0.15, -0.1) is 0 Å². The van der Waals surface area contributed by atoms with E-state index in [1.54, 1.807) is 17.9 Å². The van der Waals surface area contributed by atoms with Crippen LogP contribution in [-0.4, -0.2) is 32.3 Å². The maximum atomic E-state index is 12.9. The quantitative estimate of drug-likeness (QED) is 0.868. The highest BCUT2D eigenvalue weighted by Gasteiger charge is 2.28. The molecule has 5 nitrogen and oxygen atoms in total. The van der Waals surface area contributed by atoms with Crippen LogP contribution in [-0.2, 0) is 16.4 Å². The van der Waals surface area contributed by atoms with Gasteiger partial charge in [0, 0.05) is 23.7 Å². The number of carbonyl (C=O) groups excluding carboxylic acids is 1. The Morgan fingerprint density at radius 3 is 2.58 bits per heavy atom. The Labute approximate surface area is 158 Å². The normalized spacial score (nSPS) is 17.5. The summed E-state index contributed by atoms with van der Waals surface area (Å²) in [5, 5.41) is 5.90. The number of benzene rings is 2. The topological polar surface area (TPSA) is 80.5 Å². The molecule has 7 heteroatoms. The third kappa shape index (κ3) is 4.26. The molecule has 0 aliphatic carbocycles. The molecule has 2 N–H and O–H groups in total. The predicted octanol–water partition coefficient (Wildman–Crippen LogP) is 3.00. The number of likely N-dealkylation sites (tertiary alicyclic amines) is 1. The number of nitrogens with zero attached hydrogens (tertiary/aromatic N) is 1. The molecule has 1 fully saturated rings. The minimum atomic E-state index is -3.84. The lowest BCUT2D eigenvalue weighted by atomic mass is 9.99. The fourth-order valence-electron chi connectivity index (χ4n) is 3.32. The largest absolute Gasteiger partial charge is 0.338 e. The van der Waals surface area contributed by atoms with Gasteiger partial charge in [0.15, 0.2) is 0 Å². The molecule has 3 rings (SSSR count). The molecule has 2 aromatic carbocycles. The van der Waals surface area contributed by atoms with Crippen molar-refractivity contribution in [1.29, 1.82) is 0 Å². The smallest absolute Gasteiger partial charge is 0.254 e. The molecule has 1 aliphatic rings. The zero-order valence-electron chi connectivity index (χ0n) is 14.5. The Hall–Kier alpha value is -1.89. The van der Waals surface area contributed by atoms with E-state index in [0.29, 0.717) is 29.6 Å². The van der Waals surface area contributed by atoms with Crippen LogP contribution >= 0.6 is 11.6 Å². The average molecular weight is 393 g/mol.